The van der Waals surface area contributed by atoms with Crippen molar-refractivity contribution in [1.29, 1.82) is 0 Å². The minimum atomic E-state index is -0.305. The molecular weight excluding hydrogens is 260 g/mol. The molecule has 0 N–H and O–H groups in total. The van der Waals surface area contributed by atoms with Crippen molar-refractivity contribution in [3.05, 3.63) is 38.0 Å². The first-order chi connectivity index (χ1) is 10.2. The van der Waals surface area contributed by atoms with Gasteiger partial charge in [0.2, 0.25) is 0 Å². The number of rotatable bonds is 13. The molecule has 0 saturated carbocycles. The number of ether oxygens (including phenoxy) is 1. The third kappa shape index (κ3) is 24.1. The van der Waals surface area contributed by atoms with Crippen LogP contribution >= 0.6 is 0 Å². The van der Waals surface area contributed by atoms with E-state index in [1.165, 1.54) is 63.9 Å². The van der Waals surface area contributed by atoms with Gasteiger partial charge in [-0.3, -0.25) is 0 Å². The molecule has 0 spiro atoms. The van der Waals surface area contributed by atoms with Crippen molar-refractivity contribution < 1.29 is 9.53 Å². The van der Waals surface area contributed by atoms with E-state index >= 15 is 0 Å². The predicted molar refractivity (Wildman–Crippen MR) is 93.4 cm³/mol. The lowest BCUT2D eigenvalue weighted by Crippen LogP contribution is -2.01. The van der Waals surface area contributed by atoms with Gasteiger partial charge in [-0.05, 0) is 6.42 Å². The number of hydrogen-bond acceptors (Lipinski definition) is 2. The fourth-order valence-corrected chi connectivity index (χ4v) is 1.82. The third-order valence-corrected chi connectivity index (χ3v) is 3.08. The lowest BCUT2D eigenvalue weighted by molar-refractivity contribution is -0.137. The summed E-state index contributed by atoms with van der Waals surface area (Å²) in [5.74, 6) is -0.305. The maximum absolute atomic E-state index is 10.7. The number of allylic oxidation sites excluding steroid dienone is 2. The Morgan fingerprint density at radius 3 is 1.62 bits per heavy atom. The Morgan fingerprint density at radius 2 is 1.24 bits per heavy atom. The minimum Gasteiger partial charge on any atom is -0.463 e. The lowest BCUT2D eigenvalue weighted by atomic mass is 10.1. The fraction of sp³-hybridized carbons (Fsp3) is 0.632. The molecule has 0 rings (SSSR count). The molecular formula is C19H34O2. The van der Waals surface area contributed by atoms with Gasteiger partial charge in [-0.2, -0.15) is 0 Å². The van der Waals surface area contributed by atoms with E-state index in [0.717, 1.165) is 6.42 Å². The lowest BCUT2D eigenvalue weighted by Gasteiger charge is -2.03. The fourth-order valence-electron chi connectivity index (χ4n) is 1.82. The van der Waals surface area contributed by atoms with E-state index < -0.39 is 0 Å². The highest BCUT2D eigenvalue weighted by molar-refractivity contribution is 5.81. The number of hydrogen-bond donors (Lipinski definition) is 0. The Morgan fingerprint density at radius 1 is 0.810 bits per heavy atom. The molecule has 0 atom stereocenters. The zero-order valence-electron chi connectivity index (χ0n) is 13.9. The van der Waals surface area contributed by atoms with Crippen LogP contribution in [-0.2, 0) is 9.53 Å². The van der Waals surface area contributed by atoms with Crippen molar-refractivity contribution in [3.63, 3.8) is 0 Å². The van der Waals surface area contributed by atoms with Crippen LogP contribution in [0.2, 0.25) is 0 Å². The normalized spacial score (nSPS) is 9.19. The summed E-state index contributed by atoms with van der Waals surface area (Å²) >= 11 is 0. The highest BCUT2D eigenvalue weighted by atomic mass is 16.5. The molecule has 0 amide bonds. The minimum absolute atomic E-state index is 0.305. The molecule has 0 aliphatic rings. The summed E-state index contributed by atoms with van der Waals surface area (Å²) in [4.78, 5) is 10.7. The van der Waals surface area contributed by atoms with E-state index in [0.29, 0.717) is 6.61 Å². The third-order valence-electron chi connectivity index (χ3n) is 3.08. The van der Waals surface area contributed by atoms with Gasteiger partial charge < -0.3 is 4.74 Å². The molecule has 2 nitrogen and oxygen atoms in total. The Kier molecular flexibility index (Phi) is 22.0. The summed E-state index contributed by atoms with van der Waals surface area (Å²) in [7, 11) is 0. The van der Waals surface area contributed by atoms with Crippen LogP contribution in [-0.4, -0.2) is 12.6 Å². The smallest absolute Gasteiger partial charge is 0.330 e. The van der Waals surface area contributed by atoms with Crippen LogP contribution in [0.5, 0.6) is 0 Å². The molecule has 0 unspecified atom stereocenters. The predicted octanol–water partition coefficient (Wildman–Crippen LogP) is 5.99. The molecule has 0 aliphatic carbocycles. The molecule has 0 saturated heterocycles. The second-order valence-electron chi connectivity index (χ2n) is 5.03. The molecule has 0 aromatic rings. The monoisotopic (exact) mass is 294 g/mol. The van der Waals surface area contributed by atoms with Crippen LogP contribution in [0.25, 0.3) is 0 Å². The van der Waals surface area contributed by atoms with E-state index in [1.54, 1.807) is 12.2 Å². The zero-order chi connectivity index (χ0) is 16.2. The molecule has 122 valence electrons. The van der Waals surface area contributed by atoms with Gasteiger partial charge in [0.15, 0.2) is 0 Å². The molecule has 21 heavy (non-hydrogen) atoms. The highest BCUT2D eigenvalue weighted by Gasteiger charge is 1.95. The van der Waals surface area contributed by atoms with Crippen LogP contribution in [0.4, 0.5) is 0 Å². The number of esters is 1. The van der Waals surface area contributed by atoms with E-state index in [2.05, 4.69) is 26.7 Å². The van der Waals surface area contributed by atoms with Gasteiger partial charge in [0.25, 0.3) is 0 Å². The van der Waals surface area contributed by atoms with Gasteiger partial charge in [-0.1, -0.05) is 96.6 Å². The maximum atomic E-state index is 10.7. The van der Waals surface area contributed by atoms with Crippen LogP contribution in [0.1, 0.15) is 71.1 Å². The first-order valence-corrected chi connectivity index (χ1v) is 8.25. The molecule has 0 heterocycles. The average Bonchev–Trinajstić information content (AvgIpc) is 2.52. The Balaban J connectivity index is 0. The number of carbonyl (C=O) groups excluding carboxylic acids is 1. The summed E-state index contributed by atoms with van der Waals surface area (Å²) in [5.41, 5.74) is 0. The van der Waals surface area contributed by atoms with Crippen molar-refractivity contribution in [3.8, 4) is 0 Å². The number of carbonyl (C=O) groups is 1. The summed E-state index contributed by atoms with van der Waals surface area (Å²) in [6.45, 7) is 12.9. The Bertz CT molecular complexity index is 250. The molecule has 2 heteroatoms. The van der Waals surface area contributed by atoms with Gasteiger partial charge >= 0.3 is 5.97 Å². The van der Waals surface area contributed by atoms with E-state index in [9.17, 15) is 4.79 Å². The van der Waals surface area contributed by atoms with Crippen LogP contribution < -0.4 is 0 Å². The molecule has 0 aliphatic heterocycles. The number of unbranched alkanes of at least 4 members (excludes halogenated alkanes) is 9. The van der Waals surface area contributed by atoms with Crippen LogP contribution in [0.3, 0.4) is 0 Å². The van der Waals surface area contributed by atoms with Crippen molar-refractivity contribution in [1.82, 2.24) is 0 Å². The van der Waals surface area contributed by atoms with Gasteiger partial charge in [-0.15, -0.1) is 0 Å². The first-order valence-electron chi connectivity index (χ1n) is 8.25. The van der Waals surface area contributed by atoms with Crippen molar-refractivity contribution in [2.75, 3.05) is 6.61 Å². The van der Waals surface area contributed by atoms with Crippen molar-refractivity contribution in [2.24, 2.45) is 0 Å². The van der Waals surface area contributed by atoms with E-state index in [1.807, 2.05) is 0 Å². The van der Waals surface area contributed by atoms with Gasteiger partial charge in [0.05, 0.1) is 6.61 Å². The van der Waals surface area contributed by atoms with Crippen LogP contribution in [0.15, 0.2) is 38.0 Å². The SMILES string of the molecule is C=CC(=O)OCCCCCCCCCCCC.C=CC=C. The van der Waals surface area contributed by atoms with Gasteiger partial charge in [-0.25, -0.2) is 4.79 Å². The first kappa shape index (κ1) is 22.0. The summed E-state index contributed by atoms with van der Waals surface area (Å²) < 4.78 is 4.91. The van der Waals surface area contributed by atoms with Gasteiger partial charge in [0.1, 0.15) is 0 Å². The van der Waals surface area contributed by atoms with Crippen molar-refractivity contribution in [2.45, 2.75) is 71.1 Å². The Labute approximate surface area is 132 Å². The van der Waals surface area contributed by atoms with E-state index in [-0.39, 0.29) is 5.97 Å². The maximum Gasteiger partial charge on any atom is 0.330 e. The summed E-state index contributed by atoms with van der Waals surface area (Å²) in [6.07, 6.45) is 17.5. The molecule has 0 bridgehead atoms. The zero-order valence-corrected chi connectivity index (χ0v) is 13.9. The average molecular weight is 294 g/mol. The molecule has 0 aromatic heterocycles. The summed E-state index contributed by atoms with van der Waals surface area (Å²) in [6, 6.07) is 0. The topological polar surface area (TPSA) is 26.3 Å². The Hall–Kier alpha value is -1.31. The molecule has 0 aromatic carbocycles. The quantitative estimate of drug-likeness (QED) is 0.180. The molecule has 0 radical (unpaired) electrons. The largest absolute Gasteiger partial charge is 0.463 e. The van der Waals surface area contributed by atoms with E-state index in [4.69, 9.17) is 4.74 Å². The standard InChI is InChI=1S/C15H28O2.C4H6/c1-3-5-6-7-8-9-10-11-12-13-14-17-15(16)4-2;1-3-4-2/h4H,2-3,5-14H2,1H3;3-4H,1-2H2. The van der Waals surface area contributed by atoms with Crippen LogP contribution in [0, 0.1) is 0 Å². The van der Waals surface area contributed by atoms with Gasteiger partial charge in [0, 0.05) is 6.08 Å². The second kappa shape index (κ2) is 21.0. The van der Waals surface area contributed by atoms with Crippen molar-refractivity contribution >= 4 is 5.97 Å². The summed E-state index contributed by atoms with van der Waals surface area (Å²) in [5, 5.41) is 0. The molecule has 0 fully saturated rings. The second-order valence-corrected chi connectivity index (χ2v) is 5.03. The highest BCUT2D eigenvalue weighted by Crippen LogP contribution is 2.10.